The molecule has 0 aliphatic carbocycles. The van der Waals surface area contributed by atoms with Crippen molar-refractivity contribution in [2.45, 2.75) is 51.2 Å². The monoisotopic (exact) mass is 238 g/mol. The van der Waals surface area contributed by atoms with Crippen LogP contribution in [0.3, 0.4) is 0 Å². The van der Waals surface area contributed by atoms with E-state index in [4.69, 9.17) is 4.74 Å². The average Bonchev–Trinajstić information content (AvgIpc) is 2.89. The molecule has 4 nitrogen and oxygen atoms in total. The van der Waals surface area contributed by atoms with Crippen LogP contribution in [0, 0.1) is 0 Å². The molecule has 1 aromatic heterocycles. The van der Waals surface area contributed by atoms with Crippen molar-refractivity contribution < 1.29 is 9.84 Å². The van der Waals surface area contributed by atoms with Crippen LogP contribution in [-0.2, 0) is 24.6 Å². The highest BCUT2D eigenvalue weighted by Crippen LogP contribution is 2.18. The highest BCUT2D eigenvalue weighted by molar-refractivity contribution is 5.11. The second-order valence-corrected chi connectivity index (χ2v) is 4.83. The topological polar surface area (TPSA) is 47.3 Å². The lowest BCUT2D eigenvalue weighted by Crippen LogP contribution is -2.20. The highest BCUT2D eigenvalue weighted by Gasteiger charge is 2.20. The van der Waals surface area contributed by atoms with Gasteiger partial charge in [-0.15, -0.1) is 0 Å². The zero-order chi connectivity index (χ0) is 12.3. The summed E-state index contributed by atoms with van der Waals surface area (Å²) in [4.78, 5) is 0. The molecular formula is C13H22N2O2. The molecule has 2 heterocycles. The van der Waals surface area contributed by atoms with Crippen LogP contribution >= 0.6 is 0 Å². The number of ether oxygens (including phenoxy) is 1. The first kappa shape index (κ1) is 12.6. The van der Waals surface area contributed by atoms with Crippen molar-refractivity contribution >= 4 is 0 Å². The molecule has 1 saturated heterocycles. The summed E-state index contributed by atoms with van der Waals surface area (Å²) in [6.07, 6.45) is 4.50. The molecule has 1 fully saturated rings. The van der Waals surface area contributed by atoms with Gasteiger partial charge < -0.3 is 9.84 Å². The van der Waals surface area contributed by atoms with Crippen molar-refractivity contribution in [3.8, 4) is 0 Å². The molecule has 0 spiro atoms. The van der Waals surface area contributed by atoms with Gasteiger partial charge in [0.05, 0.1) is 17.9 Å². The molecule has 2 atom stereocenters. The summed E-state index contributed by atoms with van der Waals surface area (Å²) < 4.78 is 7.41. The average molecular weight is 238 g/mol. The van der Waals surface area contributed by atoms with Gasteiger partial charge in [0.15, 0.2) is 0 Å². The number of aromatic nitrogens is 2. The zero-order valence-corrected chi connectivity index (χ0v) is 10.7. The van der Waals surface area contributed by atoms with Crippen molar-refractivity contribution in [3.63, 3.8) is 0 Å². The summed E-state index contributed by atoms with van der Waals surface area (Å²) in [5.74, 6) is 0. The Morgan fingerprint density at radius 2 is 2.47 bits per heavy atom. The van der Waals surface area contributed by atoms with Gasteiger partial charge >= 0.3 is 0 Å². The van der Waals surface area contributed by atoms with Gasteiger partial charge in [-0.05, 0) is 31.7 Å². The van der Waals surface area contributed by atoms with Crippen molar-refractivity contribution in [2.24, 2.45) is 7.05 Å². The molecule has 0 aromatic carbocycles. The van der Waals surface area contributed by atoms with Crippen molar-refractivity contribution in [3.05, 3.63) is 17.5 Å². The summed E-state index contributed by atoms with van der Waals surface area (Å²) in [6.45, 7) is 2.94. The molecule has 4 heteroatoms. The number of hydrogen-bond acceptors (Lipinski definition) is 3. The summed E-state index contributed by atoms with van der Waals surface area (Å²) in [5, 5.41) is 14.4. The van der Waals surface area contributed by atoms with Crippen LogP contribution < -0.4 is 0 Å². The first-order valence-electron chi connectivity index (χ1n) is 6.50. The van der Waals surface area contributed by atoms with Gasteiger partial charge in [0.25, 0.3) is 0 Å². The third kappa shape index (κ3) is 3.30. The fourth-order valence-electron chi connectivity index (χ4n) is 2.39. The molecule has 1 aliphatic rings. The van der Waals surface area contributed by atoms with Crippen LogP contribution in [0.25, 0.3) is 0 Å². The largest absolute Gasteiger partial charge is 0.393 e. The van der Waals surface area contributed by atoms with E-state index in [9.17, 15) is 5.11 Å². The van der Waals surface area contributed by atoms with E-state index in [0.717, 1.165) is 43.7 Å². The van der Waals surface area contributed by atoms with E-state index in [1.165, 1.54) is 0 Å². The predicted octanol–water partition coefficient (Wildman–Crippen LogP) is 1.45. The Kier molecular flexibility index (Phi) is 4.18. The van der Waals surface area contributed by atoms with E-state index in [1.54, 1.807) is 0 Å². The van der Waals surface area contributed by atoms with Crippen LogP contribution in [0.15, 0.2) is 6.07 Å². The fraction of sp³-hybridized carbons (Fsp3) is 0.769. The summed E-state index contributed by atoms with van der Waals surface area (Å²) in [5.41, 5.74) is 2.19. The SMILES string of the molecule is CCc1cc(CC(O)CC2CCCO2)n(C)n1. The molecular weight excluding hydrogens is 216 g/mol. The van der Waals surface area contributed by atoms with E-state index in [0.29, 0.717) is 6.42 Å². The second-order valence-electron chi connectivity index (χ2n) is 4.83. The number of nitrogens with zero attached hydrogens (tertiary/aromatic N) is 2. The molecule has 2 rings (SSSR count). The number of aryl methyl sites for hydroxylation is 2. The third-order valence-electron chi connectivity index (χ3n) is 3.39. The minimum Gasteiger partial charge on any atom is -0.393 e. The van der Waals surface area contributed by atoms with Crippen LogP contribution in [0.2, 0.25) is 0 Å². The van der Waals surface area contributed by atoms with Crippen LogP contribution in [-0.4, -0.2) is 33.7 Å². The number of aliphatic hydroxyl groups excluding tert-OH is 1. The van der Waals surface area contributed by atoms with E-state index in [-0.39, 0.29) is 12.2 Å². The first-order chi connectivity index (χ1) is 8.19. The Bertz CT molecular complexity index is 356. The van der Waals surface area contributed by atoms with Crippen molar-refractivity contribution in [1.29, 1.82) is 0 Å². The minimum atomic E-state index is -0.321. The normalized spacial score (nSPS) is 21.9. The lowest BCUT2D eigenvalue weighted by Gasteiger charge is -2.15. The van der Waals surface area contributed by atoms with Gasteiger partial charge in [0, 0.05) is 25.8 Å². The van der Waals surface area contributed by atoms with Gasteiger partial charge in [-0.2, -0.15) is 5.10 Å². The molecule has 96 valence electrons. The van der Waals surface area contributed by atoms with E-state index >= 15 is 0 Å². The first-order valence-corrected chi connectivity index (χ1v) is 6.50. The molecule has 0 bridgehead atoms. The molecule has 2 unspecified atom stereocenters. The smallest absolute Gasteiger partial charge is 0.0624 e. The van der Waals surface area contributed by atoms with Gasteiger partial charge in [-0.3, -0.25) is 4.68 Å². The lowest BCUT2D eigenvalue weighted by atomic mass is 10.0. The Balaban J connectivity index is 1.87. The van der Waals surface area contributed by atoms with Crippen LogP contribution in [0.4, 0.5) is 0 Å². The lowest BCUT2D eigenvalue weighted by molar-refractivity contribution is 0.0534. The van der Waals surface area contributed by atoms with Crippen molar-refractivity contribution in [1.82, 2.24) is 9.78 Å². The molecule has 1 aliphatic heterocycles. The zero-order valence-electron chi connectivity index (χ0n) is 10.7. The number of aliphatic hydroxyl groups is 1. The third-order valence-corrected chi connectivity index (χ3v) is 3.39. The summed E-state index contributed by atoms with van der Waals surface area (Å²) in [7, 11) is 1.94. The van der Waals surface area contributed by atoms with Gasteiger partial charge in [0.1, 0.15) is 0 Å². The number of rotatable bonds is 5. The molecule has 0 radical (unpaired) electrons. The summed E-state index contributed by atoms with van der Waals surface area (Å²) >= 11 is 0. The molecule has 1 aromatic rings. The van der Waals surface area contributed by atoms with E-state index in [1.807, 2.05) is 11.7 Å². The number of hydrogen-bond donors (Lipinski definition) is 1. The predicted molar refractivity (Wildman–Crippen MR) is 65.9 cm³/mol. The Hall–Kier alpha value is -0.870. The quantitative estimate of drug-likeness (QED) is 0.844. The van der Waals surface area contributed by atoms with Gasteiger partial charge in [0.2, 0.25) is 0 Å². The fourth-order valence-corrected chi connectivity index (χ4v) is 2.39. The van der Waals surface area contributed by atoms with Gasteiger partial charge in [-0.1, -0.05) is 6.92 Å². The van der Waals surface area contributed by atoms with Crippen molar-refractivity contribution in [2.75, 3.05) is 6.61 Å². The van der Waals surface area contributed by atoms with E-state index < -0.39 is 0 Å². The van der Waals surface area contributed by atoms with E-state index in [2.05, 4.69) is 18.1 Å². The maximum absolute atomic E-state index is 10.0. The van der Waals surface area contributed by atoms with Crippen LogP contribution in [0.5, 0.6) is 0 Å². The maximum atomic E-state index is 10.0. The van der Waals surface area contributed by atoms with Crippen LogP contribution in [0.1, 0.15) is 37.6 Å². The molecule has 0 amide bonds. The Morgan fingerprint density at radius 1 is 1.65 bits per heavy atom. The Labute approximate surface area is 103 Å². The summed E-state index contributed by atoms with van der Waals surface area (Å²) in [6, 6.07) is 2.08. The molecule has 0 saturated carbocycles. The standard InChI is InChI=1S/C13H22N2O2/c1-3-10-7-11(15(2)14-10)8-12(16)9-13-5-4-6-17-13/h7,12-13,16H,3-6,8-9H2,1-2H3. The molecule has 17 heavy (non-hydrogen) atoms. The molecule has 1 N–H and O–H groups in total. The van der Waals surface area contributed by atoms with Gasteiger partial charge in [-0.25, -0.2) is 0 Å². The second kappa shape index (κ2) is 5.65. The Morgan fingerprint density at radius 3 is 3.06 bits per heavy atom. The minimum absolute atomic E-state index is 0.254. The maximum Gasteiger partial charge on any atom is 0.0624 e. The highest BCUT2D eigenvalue weighted by atomic mass is 16.5.